The van der Waals surface area contributed by atoms with Gasteiger partial charge in [-0.25, -0.2) is 32.2 Å². The van der Waals surface area contributed by atoms with Crippen LogP contribution >= 0.6 is 0 Å². The van der Waals surface area contributed by atoms with E-state index in [0.29, 0.717) is 17.4 Å². The molecule has 3 N–H and O–H groups in total. The largest absolute Gasteiger partial charge is 0.458 e. The van der Waals surface area contributed by atoms with Gasteiger partial charge in [0.15, 0.2) is 5.65 Å². The number of rotatable bonds is 17. The molecule has 0 radical (unpaired) electrons. The van der Waals surface area contributed by atoms with Crippen molar-refractivity contribution in [2.45, 2.75) is 110 Å². The van der Waals surface area contributed by atoms with Crippen LogP contribution in [0.5, 0.6) is 5.88 Å². The minimum Gasteiger partial charge on any atom is -0.458 e. The van der Waals surface area contributed by atoms with Crippen molar-refractivity contribution in [3.63, 3.8) is 0 Å². The number of aromatic nitrogens is 3. The van der Waals surface area contributed by atoms with E-state index in [0.717, 1.165) is 64.0 Å². The summed E-state index contributed by atoms with van der Waals surface area (Å²) in [6, 6.07) is 10.8. The number of H-pyrrole nitrogens is 1. The number of carbonyl (C=O) groups is 2. The third kappa shape index (κ3) is 10.1. The van der Waals surface area contributed by atoms with Gasteiger partial charge in [0.25, 0.3) is 0 Å². The maximum atomic E-state index is 14.3. The van der Waals surface area contributed by atoms with Crippen molar-refractivity contribution in [2.75, 3.05) is 18.1 Å². The number of para-hydroxylation sites is 1. The Balaban J connectivity index is 1.73. The van der Waals surface area contributed by atoms with E-state index < -0.39 is 28.0 Å². The van der Waals surface area contributed by atoms with Gasteiger partial charge in [0.05, 0.1) is 6.26 Å². The van der Waals surface area contributed by atoms with Crippen LogP contribution < -0.4 is 14.8 Å². The minimum absolute atomic E-state index is 0.0323. The molecule has 4 rings (SSSR count). The highest BCUT2D eigenvalue weighted by molar-refractivity contribution is 7.88. The van der Waals surface area contributed by atoms with Gasteiger partial charge in [-0.1, -0.05) is 90.8 Å². The van der Waals surface area contributed by atoms with Crippen molar-refractivity contribution >= 4 is 33.4 Å². The van der Waals surface area contributed by atoms with Crippen LogP contribution in [0.4, 0.5) is 10.5 Å². The Morgan fingerprint density at radius 2 is 1.65 bits per heavy atom. The average Bonchev–Trinajstić information content (AvgIpc) is 3.62. The van der Waals surface area contributed by atoms with E-state index in [4.69, 9.17) is 9.47 Å². The second-order valence-electron chi connectivity index (χ2n) is 13.5. The molecule has 1 fully saturated rings. The summed E-state index contributed by atoms with van der Waals surface area (Å²) in [6.45, 7) is 8.34. The zero-order valence-corrected chi connectivity index (χ0v) is 30.3. The van der Waals surface area contributed by atoms with E-state index in [1.54, 1.807) is 31.2 Å². The van der Waals surface area contributed by atoms with Gasteiger partial charge in [-0.3, -0.25) is 10.4 Å². The molecule has 3 unspecified atom stereocenters. The normalized spacial score (nSPS) is 20.1. The van der Waals surface area contributed by atoms with Crippen molar-refractivity contribution in [3.8, 4) is 11.9 Å². The molecule has 1 aliphatic carbocycles. The topological polar surface area (TPSA) is 168 Å². The van der Waals surface area contributed by atoms with Crippen LogP contribution in [0.25, 0.3) is 5.65 Å². The number of nitrogens with zero attached hydrogens (tertiary/aromatic N) is 3. The fourth-order valence-electron chi connectivity index (χ4n) is 6.95. The van der Waals surface area contributed by atoms with Gasteiger partial charge >= 0.3 is 12.1 Å². The number of hydrogen-bond acceptors (Lipinski definition) is 8. The molecular formula is C36H52N6O6S. The number of amides is 1. The van der Waals surface area contributed by atoms with Gasteiger partial charge in [0.1, 0.15) is 29.1 Å². The maximum absolute atomic E-state index is 14.3. The second-order valence-corrected chi connectivity index (χ2v) is 15.3. The molecule has 3 atom stereocenters. The lowest BCUT2D eigenvalue weighted by molar-refractivity contribution is -0.0423. The number of aromatic amines is 1. The Hall–Kier alpha value is -3.89. The van der Waals surface area contributed by atoms with Crippen molar-refractivity contribution in [1.29, 1.82) is 5.26 Å². The third-order valence-corrected chi connectivity index (χ3v) is 10.2. The van der Waals surface area contributed by atoms with E-state index in [1.807, 2.05) is 6.07 Å². The van der Waals surface area contributed by atoms with Gasteiger partial charge in [-0.05, 0) is 55.6 Å². The van der Waals surface area contributed by atoms with Crippen LogP contribution in [0.2, 0.25) is 0 Å². The van der Waals surface area contributed by atoms with Crippen molar-refractivity contribution in [1.82, 2.24) is 19.3 Å². The molecule has 0 spiro atoms. The molecule has 2 aromatic heterocycles. The van der Waals surface area contributed by atoms with Crippen molar-refractivity contribution in [2.24, 2.45) is 17.8 Å². The Morgan fingerprint density at radius 3 is 2.22 bits per heavy atom. The van der Waals surface area contributed by atoms with Crippen LogP contribution in [0, 0.1) is 29.1 Å². The van der Waals surface area contributed by atoms with Crippen LogP contribution in [0.1, 0.15) is 126 Å². The highest BCUT2D eigenvalue weighted by atomic mass is 32.2. The first-order chi connectivity index (χ1) is 23.5. The number of fused-ring (bicyclic) bond motifs is 1. The highest BCUT2D eigenvalue weighted by Gasteiger charge is 2.41. The quantitative estimate of drug-likeness (QED) is 0.122. The molecule has 268 valence electrons. The van der Waals surface area contributed by atoms with Gasteiger partial charge in [-0.15, -0.1) is 0 Å². The molecule has 0 saturated heterocycles. The van der Waals surface area contributed by atoms with Crippen molar-refractivity contribution in [3.05, 3.63) is 47.3 Å². The maximum Gasteiger partial charge on any atom is 0.418 e. The number of esters is 1. The molecule has 1 aromatic carbocycles. The summed E-state index contributed by atoms with van der Waals surface area (Å²) in [7, 11) is -3.47. The molecule has 2 heterocycles. The molecule has 1 amide bonds. The number of benzene rings is 1. The number of nitrogens with one attached hydrogen (secondary N) is 3. The van der Waals surface area contributed by atoms with E-state index in [2.05, 4.69) is 47.0 Å². The number of ether oxygens (including phenoxy) is 2. The molecule has 12 nitrogen and oxygen atoms in total. The lowest BCUT2D eigenvalue weighted by Gasteiger charge is -2.42. The SMILES string of the molecule is CCCCC1CC(CCCC)C(OC(=O)c2c(C#N)c(OC(=O)Nc3ccccc3)n3[nH]c(C(C)CNS(C)(=O)=O)nc23)C(CCCC)C1. The first-order valence-corrected chi connectivity index (χ1v) is 19.6. The summed E-state index contributed by atoms with van der Waals surface area (Å²) < 4.78 is 39.5. The number of unbranched alkanes of at least 4 members (excludes halogenated alkanes) is 3. The number of nitriles is 1. The summed E-state index contributed by atoms with van der Waals surface area (Å²) in [5.41, 5.74) is 0.284. The second kappa shape index (κ2) is 17.7. The molecule has 1 saturated carbocycles. The van der Waals surface area contributed by atoms with Crippen LogP contribution in [0.3, 0.4) is 0 Å². The molecule has 0 aliphatic heterocycles. The predicted molar refractivity (Wildman–Crippen MR) is 189 cm³/mol. The molecule has 13 heteroatoms. The number of hydrogen-bond donors (Lipinski definition) is 3. The molecule has 3 aromatic rings. The Bertz CT molecular complexity index is 1680. The minimum atomic E-state index is -3.47. The Labute approximate surface area is 290 Å². The van der Waals surface area contributed by atoms with Crippen molar-refractivity contribution < 1.29 is 27.5 Å². The third-order valence-electron chi connectivity index (χ3n) is 9.47. The summed E-state index contributed by atoms with van der Waals surface area (Å²) >= 11 is 0. The van der Waals surface area contributed by atoms with Gasteiger partial charge in [-0.2, -0.15) is 5.26 Å². The number of carbonyl (C=O) groups excluding carboxylic acids is 2. The smallest absolute Gasteiger partial charge is 0.418 e. The van der Waals surface area contributed by atoms with Crippen LogP contribution in [0.15, 0.2) is 30.3 Å². The van der Waals surface area contributed by atoms with Crippen LogP contribution in [-0.4, -0.2) is 54.0 Å². The van der Waals surface area contributed by atoms with Gasteiger partial charge < -0.3 is 9.47 Å². The van der Waals surface area contributed by atoms with E-state index in [1.165, 1.54) is 17.4 Å². The summed E-state index contributed by atoms with van der Waals surface area (Å²) in [5.74, 6) is -0.0288. The lowest BCUT2D eigenvalue weighted by Crippen LogP contribution is -2.41. The van der Waals surface area contributed by atoms with Gasteiger partial charge in [0, 0.05) is 18.2 Å². The first-order valence-electron chi connectivity index (χ1n) is 17.7. The van der Waals surface area contributed by atoms with E-state index in [-0.39, 0.29) is 47.1 Å². The Morgan fingerprint density at radius 1 is 1.04 bits per heavy atom. The molecular weight excluding hydrogens is 644 g/mol. The zero-order valence-electron chi connectivity index (χ0n) is 29.5. The number of anilines is 1. The fraction of sp³-hybridized carbons (Fsp3) is 0.611. The summed E-state index contributed by atoms with van der Waals surface area (Å²) in [4.78, 5) is 32.0. The summed E-state index contributed by atoms with van der Waals surface area (Å²) in [6.07, 6.45) is 11.5. The molecule has 1 aliphatic rings. The predicted octanol–water partition coefficient (Wildman–Crippen LogP) is 7.54. The molecule has 0 bridgehead atoms. The van der Waals surface area contributed by atoms with E-state index in [9.17, 15) is 23.3 Å². The lowest BCUT2D eigenvalue weighted by atomic mass is 9.68. The first kappa shape index (κ1) is 37.9. The average molecular weight is 697 g/mol. The highest BCUT2D eigenvalue weighted by Crippen LogP contribution is 2.43. The summed E-state index contributed by atoms with van der Waals surface area (Å²) in [5, 5.41) is 16.0. The monoisotopic (exact) mass is 696 g/mol. The van der Waals surface area contributed by atoms with Gasteiger partial charge in [0.2, 0.25) is 15.9 Å². The standard InChI is InChI=1S/C36H52N6O6S/c1-6-9-15-25-20-26(16-10-7-2)31(27(21-25)17-11-8-3)47-35(43)30-29(22-37)34(48-36(44)39-28-18-13-12-14-19-28)42-33(30)40-32(41-42)24(4)23-38-49(5,45)46/h12-14,18-19,24-27,31,38H,6-11,15-17,20-21,23H2,1-5H3,(H,39,44)(H,40,41). The van der Waals surface area contributed by atoms with E-state index >= 15 is 0 Å². The number of sulfonamides is 1. The molecule has 49 heavy (non-hydrogen) atoms. The fourth-order valence-corrected chi connectivity index (χ4v) is 7.50. The Kier molecular flexibility index (Phi) is 13.7. The van der Waals surface area contributed by atoms with Crippen LogP contribution in [-0.2, 0) is 14.8 Å². The zero-order chi connectivity index (χ0) is 35.6.